The van der Waals surface area contributed by atoms with Crippen LogP contribution in [-0.4, -0.2) is 23.8 Å². The highest BCUT2D eigenvalue weighted by molar-refractivity contribution is 6.09. The Balaban J connectivity index is 2.05. The minimum absolute atomic E-state index is 0.262. The van der Waals surface area contributed by atoms with Crippen molar-refractivity contribution in [3.05, 3.63) is 65.7 Å². The molecule has 0 aliphatic heterocycles. The summed E-state index contributed by atoms with van der Waals surface area (Å²) in [7, 11) is 1.69. The Morgan fingerprint density at radius 2 is 1.68 bits per heavy atom. The fraction of sp³-hybridized carbons (Fsp3) is 0.250. The molecule has 0 heterocycles. The van der Waals surface area contributed by atoms with Crippen molar-refractivity contribution in [1.29, 1.82) is 5.26 Å². The van der Waals surface area contributed by atoms with Crippen molar-refractivity contribution in [2.24, 2.45) is 5.41 Å². The lowest BCUT2D eigenvalue weighted by Crippen LogP contribution is -2.45. The van der Waals surface area contributed by atoms with Gasteiger partial charge in [0.2, 0.25) is 11.8 Å². The molecule has 0 radical (unpaired) electrons. The second-order valence-corrected chi connectivity index (χ2v) is 6.42. The van der Waals surface area contributed by atoms with E-state index in [2.05, 4.69) is 5.32 Å². The molecular weight excluding hydrogens is 314 g/mol. The van der Waals surface area contributed by atoms with E-state index in [4.69, 9.17) is 5.26 Å². The number of nitrogens with one attached hydrogen (secondary N) is 1. The van der Waals surface area contributed by atoms with Gasteiger partial charge in [-0.15, -0.1) is 0 Å². The van der Waals surface area contributed by atoms with Crippen molar-refractivity contribution in [1.82, 2.24) is 4.90 Å². The highest BCUT2D eigenvalue weighted by Crippen LogP contribution is 2.22. The van der Waals surface area contributed by atoms with E-state index < -0.39 is 5.41 Å². The Hall–Kier alpha value is -3.13. The number of carbonyl (C=O) groups excluding carboxylic acids is 2. The third-order valence-corrected chi connectivity index (χ3v) is 3.98. The second kappa shape index (κ2) is 7.63. The molecule has 0 saturated heterocycles. The van der Waals surface area contributed by atoms with Crippen LogP contribution >= 0.6 is 0 Å². The van der Waals surface area contributed by atoms with Crippen LogP contribution in [0.3, 0.4) is 0 Å². The molecule has 0 atom stereocenters. The van der Waals surface area contributed by atoms with Crippen molar-refractivity contribution in [3.63, 3.8) is 0 Å². The molecule has 2 rings (SSSR count). The highest BCUT2D eigenvalue weighted by atomic mass is 16.2. The Kier molecular flexibility index (Phi) is 5.56. The summed E-state index contributed by atoms with van der Waals surface area (Å²) < 4.78 is 0. The van der Waals surface area contributed by atoms with E-state index in [1.165, 1.54) is 0 Å². The van der Waals surface area contributed by atoms with Gasteiger partial charge in [-0.2, -0.15) is 5.26 Å². The van der Waals surface area contributed by atoms with Crippen LogP contribution in [0, 0.1) is 16.7 Å². The molecule has 0 spiro atoms. The molecule has 2 amide bonds. The molecule has 0 saturated carbocycles. The van der Waals surface area contributed by atoms with Gasteiger partial charge >= 0.3 is 0 Å². The quantitative estimate of drug-likeness (QED) is 0.853. The molecule has 2 aromatic carbocycles. The zero-order valence-corrected chi connectivity index (χ0v) is 14.6. The van der Waals surface area contributed by atoms with Gasteiger partial charge in [0.25, 0.3) is 0 Å². The number of benzene rings is 2. The van der Waals surface area contributed by atoms with Gasteiger partial charge in [-0.1, -0.05) is 30.3 Å². The van der Waals surface area contributed by atoms with E-state index in [0.717, 1.165) is 5.56 Å². The Labute approximate surface area is 147 Å². The van der Waals surface area contributed by atoms with Crippen molar-refractivity contribution in [2.45, 2.75) is 20.4 Å². The molecule has 0 bridgehead atoms. The molecule has 5 heteroatoms. The number of anilines is 1. The Morgan fingerprint density at radius 3 is 2.24 bits per heavy atom. The molecule has 1 N–H and O–H groups in total. The maximum absolute atomic E-state index is 12.7. The van der Waals surface area contributed by atoms with Crippen LogP contribution in [0.2, 0.25) is 0 Å². The summed E-state index contributed by atoms with van der Waals surface area (Å²) in [6, 6.07) is 18.2. The van der Waals surface area contributed by atoms with E-state index in [0.29, 0.717) is 17.8 Å². The molecule has 0 aliphatic rings. The summed E-state index contributed by atoms with van der Waals surface area (Å²) in [5, 5.41) is 11.5. The minimum atomic E-state index is -1.21. The predicted molar refractivity (Wildman–Crippen MR) is 96.5 cm³/mol. The van der Waals surface area contributed by atoms with Gasteiger partial charge < -0.3 is 10.2 Å². The number of hydrogen-bond donors (Lipinski definition) is 1. The van der Waals surface area contributed by atoms with Gasteiger partial charge in [-0.3, -0.25) is 9.59 Å². The van der Waals surface area contributed by atoms with Crippen molar-refractivity contribution < 1.29 is 9.59 Å². The summed E-state index contributed by atoms with van der Waals surface area (Å²) >= 11 is 0. The fourth-order valence-corrected chi connectivity index (χ4v) is 2.42. The maximum Gasteiger partial charge on any atom is 0.239 e. The lowest BCUT2D eigenvalue weighted by molar-refractivity contribution is -0.145. The number of rotatable bonds is 5. The summed E-state index contributed by atoms with van der Waals surface area (Å²) in [5.74, 6) is -0.649. The van der Waals surface area contributed by atoms with E-state index in [9.17, 15) is 9.59 Å². The fourth-order valence-electron chi connectivity index (χ4n) is 2.42. The molecule has 25 heavy (non-hydrogen) atoms. The first-order chi connectivity index (χ1) is 11.8. The standard InChI is InChI=1S/C20H21N3O2/c1-20(2,18(24)22-17-11-9-15(13-21)10-12-17)19(25)23(3)14-16-7-5-4-6-8-16/h4-12H,14H2,1-3H3,(H,22,24). The summed E-state index contributed by atoms with van der Waals surface area (Å²) in [6.45, 7) is 3.65. The van der Waals surface area contributed by atoms with E-state index in [1.807, 2.05) is 36.4 Å². The number of hydrogen-bond acceptors (Lipinski definition) is 3. The Bertz CT molecular complexity index is 790. The molecule has 0 aromatic heterocycles. The number of nitrogens with zero attached hydrogens (tertiary/aromatic N) is 2. The first-order valence-corrected chi connectivity index (χ1v) is 7.95. The Morgan fingerprint density at radius 1 is 1.08 bits per heavy atom. The van der Waals surface area contributed by atoms with Gasteiger partial charge in [-0.05, 0) is 43.7 Å². The number of nitriles is 1. The van der Waals surface area contributed by atoms with Crippen LogP contribution in [0.5, 0.6) is 0 Å². The first kappa shape index (κ1) is 18.2. The average Bonchev–Trinajstić information content (AvgIpc) is 2.62. The van der Waals surface area contributed by atoms with Crippen LogP contribution in [0.25, 0.3) is 0 Å². The molecule has 128 valence electrons. The molecule has 0 unspecified atom stereocenters. The summed E-state index contributed by atoms with van der Waals surface area (Å²) in [5.41, 5.74) is 0.852. The normalized spacial score (nSPS) is 10.6. The predicted octanol–water partition coefficient (Wildman–Crippen LogP) is 3.18. The van der Waals surface area contributed by atoms with E-state index in [-0.39, 0.29) is 11.8 Å². The molecule has 2 aromatic rings. The highest BCUT2D eigenvalue weighted by Gasteiger charge is 2.38. The van der Waals surface area contributed by atoms with Gasteiger partial charge in [0, 0.05) is 19.3 Å². The van der Waals surface area contributed by atoms with E-state index in [1.54, 1.807) is 50.1 Å². The molecule has 0 fully saturated rings. The molecule has 5 nitrogen and oxygen atoms in total. The second-order valence-electron chi connectivity index (χ2n) is 6.42. The van der Waals surface area contributed by atoms with E-state index >= 15 is 0 Å². The average molecular weight is 335 g/mol. The molecular formula is C20H21N3O2. The van der Waals surface area contributed by atoms with Gasteiger partial charge in [0.15, 0.2) is 0 Å². The lowest BCUT2D eigenvalue weighted by atomic mass is 9.90. The van der Waals surface area contributed by atoms with Crippen LogP contribution < -0.4 is 5.32 Å². The number of amides is 2. The maximum atomic E-state index is 12.7. The van der Waals surface area contributed by atoms with Crippen molar-refractivity contribution >= 4 is 17.5 Å². The van der Waals surface area contributed by atoms with Gasteiger partial charge in [-0.25, -0.2) is 0 Å². The van der Waals surface area contributed by atoms with Crippen molar-refractivity contribution in [3.8, 4) is 6.07 Å². The third kappa shape index (κ3) is 4.45. The van der Waals surface area contributed by atoms with Crippen LogP contribution in [0.4, 0.5) is 5.69 Å². The van der Waals surface area contributed by atoms with Crippen LogP contribution in [0.15, 0.2) is 54.6 Å². The largest absolute Gasteiger partial charge is 0.341 e. The smallest absolute Gasteiger partial charge is 0.239 e. The zero-order valence-electron chi connectivity index (χ0n) is 14.6. The summed E-state index contributed by atoms with van der Waals surface area (Å²) in [4.78, 5) is 26.8. The van der Waals surface area contributed by atoms with Crippen LogP contribution in [0.1, 0.15) is 25.0 Å². The molecule has 0 aliphatic carbocycles. The topological polar surface area (TPSA) is 73.2 Å². The lowest BCUT2D eigenvalue weighted by Gasteiger charge is -2.28. The van der Waals surface area contributed by atoms with Crippen molar-refractivity contribution in [2.75, 3.05) is 12.4 Å². The summed E-state index contributed by atoms with van der Waals surface area (Å²) in [6.07, 6.45) is 0. The van der Waals surface area contributed by atoms with Gasteiger partial charge in [0.1, 0.15) is 5.41 Å². The van der Waals surface area contributed by atoms with Gasteiger partial charge in [0.05, 0.1) is 11.6 Å². The zero-order chi connectivity index (χ0) is 18.4. The minimum Gasteiger partial charge on any atom is -0.341 e. The first-order valence-electron chi connectivity index (χ1n) is 7.95. The monoisotopic (exact) mass is 335 g/mol. The SMILES string of the molecule is CN(Cc1ccccc1)C(=O)C(C)(C)C(=O)Nc1ccc(C#N)cc1. The third-order valence-electron chi connectivity index (χ3n) is 3.98. The van der Waals surface area contributed by atoms with Crippen LogP contribution in [-0.2, 0) is 16.1 Å². The number of carbonyl (C=O) groups is 2.